The number of thioether (sulfide) groups is 1. The number of pyridine rings is 1. The number of hydrogen-bond acceptors (Lipinski definition) is 8. The molecule has 0 aliphatic carbocycles. The largest absolute Gasteiger partial charge is 0.497 e. The van der Waals surface area contributed by atoms with E-state index in [1.54, 1.807) is 31.6 Å². The first kappa shape index (κ1) is 19.7. The number of esters is 1. The Labute approximate surface area is 176 Å². The van der Waals surface area contributed by atoms with Crippen LogP contribution in [0.1, 0.15) is 16.3 Å². The molecule has 0 spiro atoms. The molecule has 0 unspecified atom stereocenters. The average Bonchev–Trinajstić information content (AvgIpc) is 3.45. The van der Waals surface area contributed by atoms with E-state index in [1.165, 1.54) is 18.9 Å². The van der Waals surface area contributed by atoms with Gasteiger partial charge in [-0.05, 0) is 48.5 Å². The fourth-order valence-corrected chi connectivity index (χ4v) is 3.66. The Bertz CT molecular complexity index is 1140. The Morgan fingerprint density at radius 1 is 1.03 bits per heavy atom. The Balaban J connectivity index is 1.66. The van der Waals surface area contributed by atoms with Gasteiger partial charge in [-0.15, -0.1) is 10.2 Å². The van der Waals surface area contributed by atoms with Crippen LogP contribution in [-0.2, 0) is 10.5 Å². The summed E-state index contributed by atoms with van der Waals surface area (Å²) in [5.41, 5.74) is 1.79. The summed E-state index contributed by atoms with van der Waals surface area (Å²) in [6.07, 6.45) is 3.43. The molecular formula is C21H18N4O4S. The van der Waals surface area contributed by atoms with E-state index >= 15 is 0 Å². The Kier molecular flexibility index (Phi) is 5.80. The molecule has 0 aliphatic heterocycles. The molecule has 4 rings (SSSR count). The maximum atomic E-state index is 11.6. The lowest BCUT2D eigenvalue weighted by Crippen LogP contribution is -2.00. The first-order valence-corrected chi connectivity index (χ1v) is 9.98. The van der Waals surface area contributed by atoms with Crippen LogP contribution in [0.3, 0.4) is 0 Å². The predicted molar refractivity (Wildman–Crippen MR) is 111 cm³/mol. The highest BCUT2D eigenvalue weighted by Crippen LogP contribution is 2.30. The molecule has 0 fully saturated rings. The van der Waals surface area contributed by atoms with Crippen LogP contribution in [-0.4, -0.2) is 39.9 Å². The second-order valence-corrected chi connectivity index (χ2v) is 7.06. The highest BCUT2D eigenvalue weighted by atomic mass is 32.2. The number of furan rings is 1. The van der Waals surface area contributed by atoms with Gasteiger partial charge in [0.2, 0.25) is 5.76 Å². The van der Waals surface area contributed by atoms with Crippen LogP contribution >= 0.6 is 11.8 Å². The number of methoxy groups -OCH3 is 2. The lowest BCUT2D eigenvalue weighted by Gasteiger charge is -2.10. The summed E-state index contributed by atoms with van der Waals surface area (Å²) in [6.45, 7) is 0. The van der Waals surface area contributed by atoms with Crippen molar-refractivity contribution in [1.82, 2.24) is 19.7 Å². The van der Waals surface area contributed by atoms with E-state index in [4.69, 9.17) is 9.15 Å². The zero-order valence-corrected chi connectivity index (χ0v) is 17.1. The zero-order valence-electron chi connectivity index (χ0n) is 16.3. The van der Waals surface area contributed by atoms with Crippen LogP contribution in [0, 0.1) is 0 Å². The first-order chi connectivity index (χ1) is 14.7. The van der Waals surface area contributed by atoms with Gasteiger partial charge in [-0.25, -0.2) is 4.79 Å². The lowest BCUT2D eigenvalue weighted by molar-refractivity contribution is 0.0563. The molecule has 0 bridgehead atoms. The maximum Gasteiger partial charge on any atom is 0.373 e. The summed E-state index contributed by atoms with van der Waals surface area (Å²) in [7, 11) is 2.95. The third kappa shape index (κ3) is 4.06. The normalized spacial score (nSPS) is 10.7. The first-order valence-electron chi connectivity index (χ1n) is 8.99. The number of ether oxygens (including phenoxy) is 2. The molecule has 9 heteroatoms. The van der Waals surface area contributed by atoms with Crippen LogP contribution in [0.15, 0.2) is 70.5 Å². The van der Waals surface area contributed by atoms with Crippen LogP contribution in [0.2, 0.25) is 0 Å². The van der Waals surface area contributed by atoms with Crippen LogP contribution in [0.4, 0.5) is 0 Å². The van der Waals surface area contributed by atoms with E-state index in [1.807, 2.05) is 41.0 Å². The molecule has 3 aromatic heterocycles. The summed E-state index contributed by atoms with van der Waals surface area (Å²) in [4.78, 5) is 15.7. The number of carbonyl (C=O) groups is 1. The standard InChI is InChI=1S/C21H18N4O4S/c1-27-16-5-3-15(4-6-16)25-19(14-9-11-22-12-10-14)23-24-21(25)30-13-17-7-8-18(29-17)20(26)28-2/h3-12H,13H2,1-2H3. The molecule has 30 heavy (non-hydrogen) atoms. The average molecular weight is 422 g/mol. The minimum atomic E-state index is -0.507. The minimum absolute atomic E-state index is 0.169. The predicted octanol–water partition coefficient (Wildman–Crippen LogP) is 4.01. The molecule has 8 nitrogen and oxygen atoms in total. The van der Waals surface area contributed by atoms with Gasteiger partial charge in [-0.1, -0.05) is 11.8 Å². The number of hydrogen-bond donors (Lipinski definition) is 0. The summed E-state index contributed by atoms with van der Waals surface area (Å²) in [5, 5.41) is 9.45. The highest BCUT2D eigenvalue weighted by molar-refractivity contribution is 7.98. The second kappa shape index (κ2) is 8.83. The summed E-state index contributed by atoms with van der Waals surface area (Å²) in [6, 6.07) is 14.8. The maximum absolute atomic E-state index is 11.6. The molecular weight excluding hydrogens is 404 g/mol. The van der Waals surface area contributed by atoms with Crippen LogP contribution in [0.25, 0.3) is 17.1 Å². The Hall–Kier alpha value is -3.59. The van der Waals surface area contributed by atoms with E-state index in [0.717, 1.165) is 17.0 Å². The van der Waals surface area contributed by atoms with Crippen molar-refractivity contribution in [2.45, 2.75) is 10.9 Å². The van der Waals surface area contributed by atoms with Gasteiger partial charge in [0.25, 0.3) is 0 Å². The highest BCUT2D eigenvalue weighted by Gasteiger charge is 2.18. The third-order valence-electron chi connectivity index (χ3n) is 4.29. The summed E-state index contributed by atoms with van der Waals surface area (Å²) < 4.78 is 17.5. The summed E-state index contributed by atoms with van der Waals surface area (Å²) in [5.74, 6) is 2.23. The molecule has 0 N–H and O–H groups in total. The Morgan fingerprint density at radius 2 is 1.80 bits per heavy atom. The number of benzene rings is 1. The number of carbonyl (C=O) groups excluding carboxylic acids is 1. The fourth-order valence-electron chi connectivity index (χ4n) is 2.82. The van der Waals surface area contributed by atoms with Gasteiger partial charge in [0.1, 0.15) is 11.5 Å². The summed E-state index contributed by atoms with van der Waals surface area (Å²) >= 11 is 1.45. The third-order valence-corrected chi connectivity index (χ3v) is 5.25. The van der Waals surface area contributed by atoms with Crippen LogP contribution in [0.5, 0.6) is 5.75 Å². The molecule has 0 saturated heterocycles. The van der Waals surface area contributed by atoms with Crippen molar-refractivity contribution >= 4 is 17.7 Å². The van der Waals surface area contributed by atoms with Crippen molar-refractivity contribution in [2.75, 3.05) is 14.2 Å². The van der Waals surface area contributed by atoms with Gasteiger partial charge in [0.05, 0.1) is 20.0 Å². The minimum Gasteiger partial charge on any atom is -0.497 e. The van der Waals surface area contributed by atoms with E-state index in [-0.39, 0.29) is 5.76 Å². The van der Waals surface area contributed by atoms with Gasteiger partial charge < -0.3 is 13.9 Å². The van der Waals surface area contributed by atoms with E-state index in [0.29, 0.717) is 22.5 Å². The smallest absolute Gasteiger partial charge is 0.373 e. The second-order valence-electron chi connectivity index (χ2n) is 6.12. The number of nitrogens with zero attached hydrogens (tertiary/aromatic N) is 4. The van der Waals surface area contributed by atoms with Crippen molar-refractivity contribution < 1.29 is 18.7 Å². The quantitative estimate of drug-likeness (QED) is 0.326. The van der Waals surface area contributed by atoms with E-state index < -0.39 is 5.97 Å². The van der Waals surface area contributed by atoms with E-state index in [9.17, 15) is 4.79 Å². The Morgan fingerprint density at radius 3 is 2.50 bits per heavy atom. The molecule has 3 heterocycles. The van der Waals surface area contributed by atoms with Crippen molar-refractivity contribution in [2.24, 2.45) is 0 Å². The lowest BCUT2D eigenvalue weighted by atomic mass is 10.2. The van der Waals surface area contributed by atoms with Crippen molar-refractivity contribution in [1.29, 1.82) is 0 Å². The molecule has 0 amide bonds. The monoisotopic (exact) mass is 422 g/mol. The van der Waals surface area contributed by atoms with Crippen molar-refractivity contribution in [3.63, 3.8) is 0 Å². The van der Waals surface area contributed by atoms with Crippen LogP contribution < -0.4 is 4.74 Å². The molecule has 1 aromatic carbocycles. The van der Waals surface area contributed by atoms with Crippen molar-refractivity contribution in [3.05, 3.63) is 72.4 Å². The number of aromatic nitrogens is 4. The number of rotatable bonds is 7. The fraction of sp³-hybridized carbons (Fsp3) is 0.143. The van der Waals surface area contributed by atoms with Gasteiger partial charge in [0, 0.05) is 23.6 Å². The molecule has 4 aromatic rings. The van der Waals surface area contributed by atoms with Gasteiger partial charge >= 0.3 is 5.97 Å². The van der Waals surface area contributed by atoms with Gasteiger partial charge in [0.15, 0.2) is 11.0 Å². The van der Waals surface area contributed by atoms with E-state index in [2.05, 4.69) is 19.9 Å². The SMILES string of the molecule is COC(=O)c1ccc(CSc2nnc(-c3ccncc3)n2-c2ccc(OC)cc2)o1. The molecule has 0 radical (unpaired) electrons. The van der Waals surface area contributed by atoms with Gasteiger partial charge in [-0.3, -0.25) is 9.55 Å². The molecule has 152 valence electrons. The molecule has 0 aliphatic rings. The molecule has 0 saturated carbocycles. The van der Waals surface area contributed by atoms with Gasteiger partial charge in [-0.2, -0.15) is 0 Å². The van der Waals surface area contributed by atoms with Crippen molar-refractivity contribution in [3.8, 4) is 22.8 Å². The molecule has 0 atom stereocenters. The zero-order chi connectivity index (χ0) is 20.9. The topological polar surface area (TPSA) is 92.3 Å².